The minimum atomic E-state index is -3.61. The number of hydrazone groups is 1. The van der Waals surface area contributed by atoms with E-state index in [0.717, 1.165) is 33.1 Å². The smallest absolute Gasteiger partial charge is 0.247 e. The Morgan fingerprint density at radius 1 is 1.03 bits per heavy atom. The fourth-order valence-corrected chi connectivity index (χ4v) is 5.56. The Hall–Kier alpha value is -3.43. The van der Waals surface area contributed by atoms with Gasteiger partial charge in [-0.15, -0.1) is 11.3 Å². The Kier molecular flexibility index (Phi) is 5.51. The van der Waals surface area contributed by atoms with Gasteiger partial charge in [0, 0.05) is 18.2 Å². The first-order chi connectivity index (χ1) is 15.9. The first-order valence-corrected chi connectivity index (χ1v) is 13.1. The third-order valence-corrected chi connectivity index (χ3v) is 7.40. The highest BCUT2D eigenvalue weighted by atomic mass is 32.2. The van der Waals surface area contributed by atoms with Crippen molar-refractivity contribution in [3.05, 3.63) is 89.4 Å². The molecule has 0 saturated heterocycles. The van der Waals surface area contributed by atoms with Gasteiger partial charge in [-0.05, 0) is 53.4 Å². The summed E-state index contributed by atoms with van der Waals surface area (Å²) in [6.45, 7) is 0. The average Bonchev–Trinajstić information content (AvgIpc) is 3.58. The monoisotopic (exact) mass is 478 g/mol. The summed E-state index contributed by atoms with van der Waals surface area (Å²) in [5, 5.41) is 11.4. The molecule has 33 heavy (non-hydrogen) atoms. The van der Waals surface area contributed by atoms with Gasteiger partial charge in [0.15, 0.2) is 0 Å². The van der Waals surface area contributed by atoms with Gasteiger partial charge in [-0.25, -0.2) is 13.1 Å². The van der Waals surface area contributed by atoms with Crippen LogP contribution in [0.15, 0.2) is 83.4 Å². The first kappa shape index (κ1) is 21.4. The number of para-hydroxylation sites is 1. The molecular weight excluding hydrogens is 456 g/mol. The molecule has 0 aliphatic carbocycles. The van der Waals surface area contributed by atoms with E-state index < -0.39 is 16.1 Å². The van der Waals surface area contributed by atoms with Crippen molar-refractivity contribution >= 4 is 27.1 Å². The lowest BCUT2D eigenvalue weighted by molar-refractivity contribution is 0.375. The normalized spacial score (nSPS) is 16.1. The van der Waals surface area contributed by atoms with E-state index in [2.05, 4.69) is 5.10 Å². The molecule has 2 aromatic heterocycles. The highest BCUT2D eigenvalue weighted by molar-refractivity contribution is 7.88. The zero-order valence-electron chi connectivity index (χ0n) is 18.1. The molecule has 0 N–H and O–H groups in total. The van der Waals surface area contributed by atoms with Gasteiger partial charge in [0.05, 0.1) is 35.7 Å². The van der Waals surface area contributed by atoms with Gasteiger partial charge in [-0.1, -0.05) is 24.3 Å². The SMILES string of the molecule is COc1ccc(C2=NN(S(C)(=O)=O)[C@H](c3cn(-c4ccccc4)nc3-c3cccs3)C2)cc1. The molecule has 9 heteroatoms. The lowest BCUT2D eigenvalue weighted by atomic mass is 9.99. The molecule has 1 aliphatic heterocycles. The number of sulfonamides is 1. The standard InChI is InChI=1S/C24H22N4O3S2/c1-31-19-12-10-17(11-13-19)21-15-22(28(25-21)33(2,29)30)20-16-27(18-7-4-3-5-8-18)26-24(20)23-9-6-14-32-23/h3-14,16,22H,15H2,1-2H3/t22-/m0/s1. The van der Waals surface area contributed by atoms with Gasteiger partial charge in [-0.2, -0.15) is 14.6 Å². The van der Waals surface area contributed by atoms with Crippen molar-refractivity contribution in [2.75, 3.05) is 13.4 Å². The Morgan fingerprint density at radius 2 is 1.79 bits per heavy atom. The molecule has 0 unspecified atom stereocenters. The molecule has 7 nitrogen and oxygen atoms in total. The van der Waals surface area contributed by atoms with Crippen molar-refractivity contribution in [2.45, 2.75) is 12.5 Å². The van der Waals surface area contributed by atoms with Crippen LogP contribution in [0.3, 0.4) is 0 Å². The summed E-state index contributed by atoms with van der Waals surface area (Å²) in [7, 11) is -2.00. The van der Waals surface area contributed by atoms with Crippen molar-refractivity contribution in [1.29, 1.82) is 0 Å². The van der Waals surface area contributed by atoms with Crippen LogP contribution in [0, 0.1) is 0 Å². The number of benzene rings is 2. The van der Waals surface area contributed by atoms with E-state index in [0.29, 0.717) is 12.1 Å². The van der Waals surface area contributed by atoms with E-state index in [4.69, 9.17) is 9.84 Å². The number of nitrogens with zero attached hydrogens (tertiary/aromatic N) is 4. The van der Waals surface area contributed by atoms with Crippen LogP contribution in [-0.2, 0) is 10.0 Å². The van der Waals surface area contributed by atoms with Crippen LogP contribution in [0.4, 0.5) is 0 Å². The molecule has 1 aliphatic rings. The molecule has 0 spiro atoms. The van der Waals surface area contributed by atoms with Crippen LogP contribution < -0.4 is 4.74 Å². The van der Waals surface area contributed by atoms with Crippen LogP contribution in [0.2, 0.25) is 0 Å². The third kappa shape index (κ3) is 4.17. The highest BCUT2D eigenvalue weighted by Crippen LogP contribution is 2.40. The molecule has 0 bridgehead atoms. The summed E-state index contributed by atoms with van der Waals surface area (Å²) in [4.78, 5) is 0.978. The molecule has 0 amide bonds. The van der Waals surface area contributed by atoms with Crippen LogP contribution in [0.5, 0.6) is 5.75 Å². The quantitative estimate of drug-likeness (QED) is 0.402. The van der Waals surface area contributed by atoms with Crippen LogP contribution >= 0.6 is 11.3 Å². The summed E-state index contributed by atoms with van der Waals surface area (Å²) < 4.78 is 33.8. The van der Waals surface area contributed by atoms with Gasteiger partial charge < -0.3 is 4.74 Å². The topological polar surface area (TPSA) is 76.8 Å². The second kappa shape index (κ2) is 8.49. The summed E-state index contributed by atoms with van der Waals surface area (Å²) in [6, 6.07) is 20.7. The van der Waals surface area contributed by atoms with Gasteiger partial charge in [0.2, 0.25) is 10.0 Å². The Labute approximate surface area is 196 Å². The van der Waals surface area contributed by atoms with E-state index in [1.807, 2.05) is 78.3 Å². The van der Waals surface area contributed by atoms with Crippen LogP contribution in [0.1, 0.15) is 23.6 Å². The molecule has 4 aromatic rings. The molecule has 2 aromatic carbocycles. The maximum atomic E-state index is 12.7. The lowest BCUT2D eigenvalue weighted by Gasteiger charge is -2.20. The number of aromatic nitrogens is 2. The number of methoxy groups -OCH3 is 1. The molecule has 0 radical (unpaired) electrons. The molecule has 1 atom stereocenters. The number of hydrogen-bond donors (Lipinski definition) is 0. The number of thiophene rings is 1. The van der Waals surface area contributed by atoms with Crippen molar-refractivity contribution in [3.63, 3.8) is 0 Å². The predicted molar refractivity (Wildman–Crippen MR) is 130 cm³/mol. The fourth-order valence-electron chi connectivity index (χ4n) is 3.93. The van der Waals surface area contributed by atoms with Crippen molar-refractivity contribution in [2.24, 2.45) is 5.10 Å². The van der Waals surface area contributed by atoms with E-state index in [1.165, 1.54) is 10.7 Å². The van der Waals surface area contributed by atoms with Crippen molar-refractivity contribution in [1.82, 2.24) is 14.2 Å². The third-order valence-electron chi connectivity index (χ3n) is 5.51. The van der Waals surface area contributed by atoms with Gasteiger partial charge in [0.25, 0.3) is 0 Å². The fraction of sp³-hybridized carbons (Fsp3) is 0.167. The Morgan fingerprint density at radius 3 is 2.42 bits per heavy atom. The molecule has 5 rings (SSSR count). The summed E-state index contributed by atoms with van der Waals surface area (Å²) in [5.74, 6) is 0.734. The Balaban J connectivity index is 1.60. The van der Waals surface area contributed by atoms with Gasteiger partial charge in [0.1, 0.15) is 11.4 Å². The zero-order valence-corrected chi connectivity index (χ0v) is 19.8. The maximum absolute atomic E-state index is 12.7. The Bertz CT molecular complexity index is 1390. The van der Waals surface area contributed by atoms with Crippen molar-refractivity contribution < 1.29 is 13.2 Å². The largest absolute Gasteiger partial charge is 0.497 e. The highest BCUT2D eigenvalue weighted by Gasteiger charge is 2.37. The van der Waals surface area contributed by atoms with Crippen molar-refractivity contribution in [3.8, 4) is 22.0 Å². The van der Waals surface area contributed by atoms with Crippen LogP contribution in [-0.4, -0.2) is 41.7 Å². The first-order valence-electron chi connectivity index (χ1n) is 10.3. The number of hydrogen-bond acceptors (Lipinski definition) is 6. The van der Waals surface area contributed by atoms with Crippen LogP contribution in [0.25, 0.3) is 16.3 Å². The predicted octanol–water partition coefficient (Wildman–Crippen LogP) is 4.72. The molecule has 168 valence electrons. The average molecular weight is 479 g/mol. The van der Waals surface area contributed by atoms with Gasteiger partial charge in [-0.3, -0.25) is 0 Å². The molecular formula is C24H22N4O3S2. The minimum Gasteiger partial charge on any atom is -0.497 e. The van der Waals surface area contributed by atoms with Gasteiger partial charge >= 0.3 is 0 Å². The summed E-state index contributed by atoms with van der Waals surface area (Å²) in [6.07, 6.45) is 3.55. The molecule has 0 saturated carbocycles. The van der Waals surface area contributed by atoms with E-state index in [-0.39, 0.29) is 0 Å². The van der Waals surface area contributed by atoms with E-state index in [1.54, 1.807) is 23.1 Å². The lowest BCUT2D eigenvalue weighted by Crippen LogP contribution is -2.26. The second-order valence-electron chi connectivity index (χ2n) is 7.72. The second-order valence-corrected chi connectivity index (χ2v) is 10.5. The molecule has 3 heterocycles. The van der Waals surface area contributed by atoms with E-state index >= 15 is 0 Å². The molecule has 0 fully saturated rings. The maximum Gasteiger partial charge on any atom is 0.247 e. The zero-order chi connectivity index (χ0) is 23.0. The number of ether oxygens (including phenoxy) is 1. The summed E-state index contributed by atoms with van der Waals surface area (Å²) in [5.41, 5.74) is 4.05. The number of rotatable bonds is 6. The minimum absolute atomic E-state index is 0.443. The van der Waals surface area contributed by atoms with E-state index in [9.17, 15) is 8.42 Å². The summed E-state index contributed by atoms with van der Waals surface area (Å²) >= 11 is 1.57.